The van der Waals surface area contributed by atoms with Crippen LogP contribution in [-0.4, -0.2) is 21.1 Å². The molecule has 6 nitrogen and oxygen atoms in total. The molecule has 0 bridgehead atoms. The Kier molecular flexibility index (Phi) is 5.41. The minimum Gasteiger partial charge on any atom is -1.00 e. The molecular formula is C10H10Cl3N6-. The molecule has 0 aliphatic heterocycles. The van der Waals surface area contributed by atoms with E-state index in [4.69, 9.17) is 29.0 Å². The minimum atomic E-state index is 0. The number of hydrogen-bond donors (Lipinski definition) is 2. The summed E-state index contributed by atoms with van der Waals surface area (Å²) in [5.41, 5.74) is 3.27. The zero-order chi connectivity index (χ0) is 13.1. The molecular weight excluding hydrogens is 311 g/mol. The van der Waals surface area contributed by atoms with Crippen LogP contribution in [0.5, 0.6) is 0 Å². The molecule has 0 amide bonds. The lowest BCUT2D eigenvalue weighted by Crippen LogP contribution is -3.00. The number of hydrogen-bond acceptors (Lipinski definition) is 5. The van der Waals surface area contributed by atoms with Gasteiger partial charge in [0.15, 0.2) is 5.82 Å². The van der Waals surface area contributed by atoms with Gasteiger partial charge >= 0.3 is 0 Å². The molecule has 0 unspecified atom stereocenters. The monoisotopic (exact) mass is 319 g/mol. The number of anilines is 1. The zero-order valence-electron chi connectivity index (χ0n) is 9.81. The summed E-state index contributed by atoms with van der Waals surface area (Å²) in [5, 5.41) is 12.6. The number of nitrogen functional groups attached to an aromatic ring is 1. The van der Waals surface area contributed by atoms with Crippen molar-refractivity contribution in [2.45, 2.75) is 6.92 Å². The van der Waals surface area contributed by atoms with E-state index in [1.807, 2.05) is 0 Å². The van der Waals surface area contributed by atoms with Gasteiger partial charge in [0.05, 0.1) is 16.3 Å². The van der Waals surface area contributed by atoms with Crippen molar-refractivity contribution >= 4 is 35.4 Å². The largest absolute Gasteiger partial charge is 1.00 e. The van der Waals surface area contributed by atoms with Crippen molar-refractivity contribution < 1.29 is 12.4 Å². The third-order valence-electron chi connectivity index (χ3n) is 2.22. The number of nitrogens with zero attached hydrogens (tertiary/aromatic N) is 4. The van der Waals surface area contributed by atoms with Gasteiger partial charge in [-0.2, -0.15) is 5.10 Å². The Hall–Kier alpha value is -1.50. The highest BCUT2D eigenvalue weighted by Crippen LogP contribution is 2.22. The van der Waals surface area contributed by atoms with E-state index < -0.39 is 0 Å². The fourth-order valence-electron chi connectivity index (χ4n) is 1.23. The number of nitrogens with two attached hydrogens (primary N) is 1. The molecule has 2 aromatic rings. The molecule has 0 aliphatic carbocycles. The molecule has 0 fully saturated rings. The molecule has 1 aromatic carbocycles. The van der Waals surface area contributed by atoms with E-state index in [0.717, 1.165) is 0 Å². The van der Waals surface area contributed by atoms with Crippen LogP contribution in [0.1, 0.15) is 11.4 Å². The average Bonchev–Trinajstić information content (AvgIpc) is 2.65. The highest BCUT2D eigenvalue weighted by molar-refractivity contribution is 6.38. The van der Waals surface area contributed by atoms with Crippen molar-refractivity contribution in [1.29, 1.82) is 0 Å². The summed E-state index contributed by atoms with van der Waals surface area (Å²) < 4.78 is 1.28. The van der Waals surface area contributed by atoms with Gasteiger partial charge in [0.25, 0.3) is 5.95 Å². The van der Waals surface area contributed by atoms with Crippen LogP contribution < -0.4 is 23.7 Å². The Morgan fingerprint density at radius 3 is 2.47 bits per heavy atom. The molecule has 1 aromatic heterocycles. The van der Waals surface area contributed by atoms with Crippen molar-refractivity contribution in [3.05, 3.63) is 39.6 Å². The number of hydrazone groups is 1. The Morgan fingerprint density at radius 1 is 1.32 bits per heavy atom. The maximum Gasteiger partial charge on any atom is 0.263 e. The van der Waals surface area contributed by atoms with E-state index in [-0.39, 0.29) is 12.4 Å². The molecule has 0 radical (unpaired) electrons. The van der Waals surface area contributed by atoms with Crippen LogP contribution in [0, 0.1) is 6.92 Å². The number of aromatic nitrogens is 3. The lowest BCUT2D eigenvalue weighted by molar-refractivity contribution is -0.00000369. The summed E-state index contributed by atoms with van der Waals surface area (Å²) >= 11 is 12.0. The van der Waals surface area contributed by atoms with E-state index in [1.165, 1.54) is 10.9 Å². The lowest BCUT2D eigenvalue weighted by atomic mass is 10.2. The molecule has 0 saturated carbocycles. The smallest absolute Gasteiger partial charge is 0.263 e. The van der Waals surface area contributed by atoms with Crippen molar-refractivity contribution in [2.75, 3.05) is 11.3 Å². The number of nitrogens with one attached hydrogen (secondary N) is 1. The van der Waals surface area contributed by atoms with Gasteiger partial charge in [-0.1, -0.05) is 29.3 Å². The minimum absolute atomic E-state index is 0. The van der Waals surface area contributed by atoms with Crippen molar-refractivity contribution in [1.82, 2.24) is 14.9 Å². The van der Waals surface area contributed by atoms with Crippen molar-refractivity contribution in [3.8, 4) is 0 Å². The fraction of sp³-hybridized carbons (Fsp3) is 0.100. The summed E-state index contributed by atoms with van der Waals surface area (Å²) in [5.74, 6) is 6.54. The molecule has 1 heterocycles. The Bertz CT molecular complexity index is 575. The second kappa shape index (κ2) is 6.60. The predicted octanol–water partition coefficient (Wildman–Crippen LogP) is -0.943. The van der Waals surface area contributed by atoms with E-state index in [9.17, 15) is 0 Å². The highest BCUT2D eigenvalue weighted by atomic mass is 35.5. The van der Waals surface area contributed by atoms with Crippen LogP contribution in [0.3, 0.4) is 0 Å². The maximum atomic E-state index is 5.99. The summed E-state index contributed by atoms with van der Waals surface area (Å²) in [4.78, 5) is 0. The standard InChI is InChI=1S/C10H10Cl2N6.ClH/c1-6-15-17-10(18(6)13)16-14-5-7-8(11)3-2-4-9(7)12;/h2-5H,13H2,1H3,(H,16,17);1H/p-1. The highest BCUT2D eigenvalue weighted by Gasteiger charge is 2.04. The molecule has 3 N–H and O–H groups in total. The fourth-order valence-corrected chi connectivity index (χ4v) is 1.73. The average molecular weight is 321 g/mol. The van der Waals surface area contributed by atoms with Crippen LogP contribution >= 0.6 is 23.2 Å². The Balaban J connectivity index is 0.00000180. The Labute approximate surface area is 126 Å². The zero-order valence-corrected chi connectivity index (χ0v) is 12.1. The Morgan fingerprint density at radius 2 is 1.95 bits per heavy atom. The summed E-state index contributed by atoms with van der Waals surface area (Å²) in [7, 11) is 0. The van der Waals surface area contributed by atoms with Crippen LogP contribution in [0.25, 0.3) is 0 Å². The van der Waals surface area contributed by atoms with Crippen molar-refractivity contribution in [2.24, 2.45) is 5.10 Å². The summed E-state index contributed by atoms with van der Waals surface area (Å²) in [6.45, 7) is 1.73. The second-order valence-electron chi connectivity index (χ2n) is 3.45. The van der Waals surface area contributed by atoms with Gasteiger partial charge in [-0.15, -0.1) is 10.2 Å². The normalized spacial score (nSPS) is 10.5. The van der Waals surface area contributed by atoms with Gasteiger partial charge in [-0.3, -0.25) is 0 Å². The van der Waals surface area contributed by atoms with Crippen molar-refractivity contribution in [3.63, 3.8) is 0 Å². The molecule has 9 heteroatoms. The van der Waals surface area contributed by atoms with E-state index >= 15 is 0 Å². The van der Waals surface area contributed by atoms with Gasteiger partial charge < -0.3 is 18.2 Å². The second-order valence-corrected chi connectivity index (χ2v) is 4.26. The maximum absolute atomic E-state index is 5.99. The van der Waals surface area contributed by atoms with Gasteiger partial charge in [0.2, 0.25) is 0 Å². The summed E-state index contributed by atoms with van der Waals surface area (Å²) in [6, 6.07) is 5.21. The third kappa shape index (κ3) is 3.50. The number of rotatable bonds is 3. The topological polar surface area (TPSA) is 81.1 Å². The van der Waals surface area contributed by atoms with Gasteiger partial charge in [0.1, 0.15) is 0 Å². The molecule has 102 valence electrons. The SMILES string of the molecule is Cc1nnc(NN=Cc2c(Cl)cccc2Cl)n1N.[Cl-]. The first-order valence-electron chi connectivity index (χ1n) is 5.00. The van der Waals surface area contributed by atoms with Gasteiger partial charge in [-0.25, -0.2) is 10.1 Å². The number of benzene rings is 1. The molecule has 19 heavy (non-hydrogen) atoms. The molecule has 0 atom stereocenters. The lowest BCUT2D eigenvalue weighted by Gasteiger charge is -2.01. The van der Waals surface area contributed by atoms with Crippen LogP contribution in [-0.2, 0) is 0 Å². The quantitative estimate of drug-likeness (QED) is 0.434. The predicted molar refractivity (Wildman–Crippen MR) is 72.6 cm³/mol. The summed E-state index contributed by atoms with van der Waals surface area (Å²) in [6.07, 6.45) is 1.49. The first-order valence-corrected chi connectivity index (χ1v) is 5.75. The number of aryl methyl sites for hydroxylation is 1. The van der Waals surface area contributed by atoms with Gasteiger partial charge in [0, 0.05) is 5.56 Å². The van der Waals surface area contributed by atoms with Crippen LogP contribution in [0.4, 0.5) is 5.95 Å². The van der Waals surface area contributed by atoms with E-state index in [1.54, 1.807) is 25.1 Å². The molecule has 2 rings (SSSR count). The molecule has 0 spiro atoms. The van der Waals surface area contributed by atoms with Crippen LogP contribution in [0.15, 0.2) is 23.3 Å². The van der Waals surface area contributed by atoms with E-state index in [2.05, 4.69) is 20.7 Å². The third-order valence-corrected chi connectivity index (χ3v) is 2.88. The molecule has 0 aliphatic rings. The molecule has 0 saturated heterocycles. The first kappa shape index (κ1) is 15.6. The first-order chi connectivity index (χ1) is 8.59. The van der Waals surface area contributed by atoms with Crippen LogP contribution in [0.2, 0.25) is 10.0 Å². The van der Waals surface area contributed by atoms with Gasteiger partial charge in [-0.05, 0) is 19.1 Å². The van der Waals surface area contributed by atoms with E-state index in [0.29, 0.717) is 27.4 Å². The number of halogens is 3.